The fourth-order valence-electron chi connectivity index (χ4n) is 2.26. The first-order chi connectivity index (χ1) is 12.5. The maximum absolute atomic E-state index is 12.9. The van der Waals surface area contributed by atoms with Crippen molar-refractivity contribution in [1.82, 2.24) is 10.2 Å². The van der Waals surface area contributed by atoms with Crippen molar-refractivity contribution in [3.05, 3.63) is 52.7 Å². The highest BCUT2D eigenvalue weighted by molar-refractivity contribution is 7.13. The Morgan fingerprint density at radius 2 is 1.63 bits per heavy atom. The van der Waals surface area contributed by atoms with Gasteiger partial charge in [0.2, 0.25) is 5.89 Å². The minimum Gasteiger partial charge on any atom is -0.418 e. The molecule has 0 radical (unpaired) electrons. The number of halogens is 6. The van der Waals surface area contributed by atoms with Crippen LogP contribution in [0.25, 0.3) is 10.8 Å². The third-order valence-electron chi connectivity index (χ3n) is 3.51. The predicted octanol–water partition coefficient (Wildman–Crippen LogP) is 6.01. The van der Waals surface area contributed by atoms with E-state index in [0.29, 0.717) is 17.0 Å². The lowest BCUT2D eigenvalue weighted by Crippen LogP contribution is -2.13. The minimum absolute atomic E-state index is 0.0318. The lowest BCUT2D eigenvalue weighted by Gasteiger charge is -2.17. The summed E-state index contributed by atoms with van der Waals surface area (Å²) in [6.45, 7) is 1.49. The number of anilines is 1. The van der Waals surface area contributed by atoms with Gasteiger partial charge in [0.05, 0.1) is 16.0 Å². The van der Waals surface area contributed by atoms with Gasteiger partial charge in [0, 0.05) is 5.69 Å². The number of hydrogen-bond acceptors (Lipinski definition) is 5. The van der Waals surface area contributed by atoms with Crippen LogP contribution in [0.3, 0.4) is 0 Å². The molecule has 0 aliphatic heterocycles. The highest BCUT2D eigenvalue weighted by Gasteiger charge is 2.37. The van der Waals surface area contributed by atoms with Gasteiger partial charge in [-0.25, -0.2) is 0 Å². The van der Waals surface area contributed by atoms with E-state index in [2.05, 4.69) is 15.5 Å². The zero-order valence-corrected chi connectivity index (χ0v) is 14.3. The molecule has 0 amide bonds. The average molecular weight is 407 g/mol. The summed E-state index contributed by atoms with van der Waals surface area (Å²) < 4.78 is 83.0. The lowest BCUT2D eigenvalue weighted by atomic mass is 10.1. The van der Waals surface area contributed by atoms with Gasteiger partial charge in [-0.05, 0) is 36.6 Å². The second kappa shape index (κ2) is 6.87. The highest BCUT2D eigenvalue weighted by atomic mass is 32.1. The number of alkyl halides is 6. The molecule has 144 valence electrons. The summed E-state index contributed by atoms with van der Waals surface area (Å²) in [4.78, 5) is 0.694. The first-order valence-corrected chi connectivity index (χ1v) is 8.35. The Morgan fingerprint density at radius 1 is 1.00 bits per heavy atom. The number of hydrogen-bond donors (Lipinski definition) is 1. The quantitative estimate of drug-likeness (QED) is 0.538. The molecule has 11 heteroatoms. The largest absolute Gasteiger partial charge is 0.418 e. The normalized spacial score (nSPS) is 13.6. The van der Waals surface area contributed by atoms with Crippen molar-refractivity contribution in [2.45, 2.75) is 25.3 Å². The van der Waals surface area contributed by atoms with Crippen LogP contribution < -0.4 is 5.32 Å². The Labute approximate surface area is 152 Å². The van der Waals surface area contributed by atoms with Crippen molar-refractivity contribution < 1.29 is 30.8 Å². The van der Waals surface area contributed by atoms with Gasteiger partial charge in [-0.3, -0.25) is 0 Å². The number of thiophene rings is 1. The molecule has 1 atom stereocenters. The highest BCUT2D eigenvalue weighted by Crippen LogP contribution is 2.38. The number of nitrogens with zero attached hydrogens (tertiary/aromatic N) is 2. The van der Waals surface area contributed by atoms with Gasteiger partial charge in [0.1, 0.15) is 6.04 Å². The average Bonchev–Trinajstić information content (AvgIpc) is 3.24. The Morgan fingerprint density at radius 3 is 2.15 bits per heavy atom. The third-order valence-corrected chi connectivity index (χ3v) is 4.37. The molecule has 0 fully saturated rings. The molecule has 0 saturated carbocycles. The van der Waals surface area contributed by atoms with Crippen LogP contribution in [0.1, 0.15) is 30.0 Å². The van der Waals surface area contributed by atoms with Crippen LogP contribution in [-0.2, 0) is 12.4 Å². The van der Waals surface area contributed by atoms with Gasteiger partial charge in [0.15, 0.2) is 0 Å². The molecule has 3 aromatic rings. The Hall–Kier alpha value is -2.56. The molecule has 0 aliphatic rings. The lowest BCUT2D eigenvalue weighted by molar-refractivity contribution is -0.143. The first-order valence-electron chi connectivity index (χ1n) is 7.47. The molecule has 27 heavy (non-hydrogen) atoms. The van der Waals surface area contributed by atoms with E-state index in [1.54, 1.807) is 17.5 Å². The second-order valence-electron chi connectivity index (χ2n) is 5.58. The van der Waals surface area contributed by atoms with Crippen LogP contribution in [0.15, 0.2) is 40.1 Å². The molecule has 1 aromatic carbocycles. The fraction of sp³-hybridized carbons (Fsp3) is 0.250. The van der Waals surface area contributed by atoms with Crippen LogP contribution >= 0.6 is 11.3 Å². The minimum atomic E-state index is -4.92. The van der Waals surface area contributed by atoms with Crippen LogP contribution in [-0.4, -0.2) is 10.2 Å². The summed E-state index contributed by atoms with van der Waals surface area (Å²) in [6.07, 6.45) is -9.84. The smallest absolute Gasteiger partial charge is 0.416 e. The van der Waals surface area contributed by atoms with E-state index in [-0.39, 0.29) is 23.5 Å². The topological polar surface area (TPSA) is 51.0 Å². The van der Waals surface area contributed by atoms with Gasteiger partial charge < -0.3 is 9.73 Å². The van der Waals surface area contributed by atoms with Crippen molar-refractivity contribution in [2.24, 2.45) is 0 Å². The molecule has 0 aliphatic carbocycles. The number of nitrogens with one attached hydrogen (secondary N) is 1. The van der Waals surface area contributed by atoms with Crippen LogP contribution in [0.2, 0.25) is 0 Å². The van der Waals surface area contributed by atoms with E-state index in [1.165, 1.54) is 18.3 Å². The van der Waals surface area contributed by atoms with Crippen molar-refractivity contribution >= 4 is 17.0 Å². The van der Waals surface area contributed by atoms with Gasteiger partial charge in [-0.2, -0.15) is 26.3 Å². The van der Waals surface area contributed by atoms with Gasteiger partial charge in [-0.15, -0.1) is 21.5 Å². The van der Waals surface area contributed by atoms with Crippen molar-refractivity contribution in [3.63, 3.8) is 0 Å². The molecule has 1 N–H and O–H groups in total. The Balaban J connectivity index is 1.88. The van der Waals surface area contributed by atoms with E-state index >= 15 is 0 Å². The summed E-state index contributed by atoms with van der Waals surface area (Å²) in [5.41, 5.74) is -3.17. The SMILES string of the molecule is C[C@@H](Nc1cc(C(F)(F)F)cc(C(F)(F)F)c1)c1nnc(-c2cccs2)o1. The van der Waals surface area contributed by atoms with Crippen molar-refractivity contribution in [2.75, 3.05) is 5.32 Å². The standard InChI is InChI=1S/C16H11F6N3OS/c1-8(13-24-25-14(26-13)12-3-2-4-27-12)23-11-6-9(15(17,18)19)5-10(7-11)16(20,21)22/h2-8,23H,1H3/t8-/m1/s1. The molecule has 4 nitrogen and oxygen atoms in total. The summed E-state index contributed by atoms with van der Waals surface area (Å²) in [6, 6.07) is 3.97. The van der Waals surface area contributed by atoms with Crippen molar-refractivity contribution in [1.29, 1.82) is 0 Å². The van der Waals surface area contributed by atoms with Crippen molar-refractivity contribution in [3.8, 4) is 10.8 Å². The monoisotopic (exact) mass is 407 g/mol. The zero-order chi connectivity index (χ0) is 19.8. The molecule has 0 bridgehead atoms. The number of aromatic nitrogens is 2. The first kappa shape index (κ1) is 19.2. The second-order valence-corrected chi connectivity index (χ2v) is 6.53. The summed E-state index contributed by atoms with van der Waals surface area (Å²) in [5.74, 6) is 0.248. The molecule has 2 heterocycles. The van der Waals surface area contributed by atoms with Crippen LogP contribution in [0.4, 0.5) is 32.0 Å². The molecular formula is C16H11F6N3OS. The van der Waals surface area contributed by atoms with Gasteiger partial charge in [-0.1, -0.05) is 6.07 Å². The van der Waals surface area contributed by atoms with E-state index in [4.69, 9.17) is 4.42 Å². The maximum atomic E-state index is 12.9. The number of rotatable bonds is 4. The summed E-state index contributed by atoms with van der Waals surface area (Å²) >= 11 is 1.35. The van der Waals surface area contributed by atoms with Crippen LogP contribution in [0, 0.1) is 0 Å². The summed E-state index contributed by atoms with van der Waals surface area (Å²) in [7, 11) is 0. The van der Waals surface area contributed by atoms with E-state index in [9.17, 15) is 26.3 Å². The van der Waals surface area contributed by atoms with Gasteiger partial charge >= 0.3 is 12.4 Å². The molecule has 0 saturated heterocycles. The number of benzene rings is 1. The zero-order valence-electron chi connectivity index (χ0n) is 13.5. The van der Waals surface area contributed by atoms with Gasteiger partial charge in [0.25, 0.3) is 5.89 Å². The molecular weight excluding hydrogens is 396 g/mol. The fourth-order valence-corrected chi connectivity index (χ4v) is 2.90. The molecule has 3 rings (SSSR count). The molecule has 0 spiro atoms. The Bertz CT molecular complexity index is 885. The predicted molar refractivity (Wildman–Crippen MR) is 86.1 cm³/mol. The van der Waals surface area contributed by atoms with E-state index in [0.717, 1.165) is 0 Å². The van der Waals surface area contributed by atoms with E-state index < -0.39 is 29.5 Å². The third kappa shape index (κ3) is 4.41. The van der Waals surface area contributed by atoms with E-state index in [1.807, 2.05) is 0 Å². The molecule has 2 aromatic heterocycles. The summed E-state index contributed by atoms with van der Waals surface area (Å²) in [5, 5.41) is 12.0. The van der Waals surface area contributed by atoms with Crippen LogP contribution in [0.5, 0.6) is 0 Å². The maximum Gasteiger partial charge on any atom is 0.416 e. The molecule has 0 unspecified atom stereocenters. The Kier molecular flexibility index (Phi) is 4.89.